The van der Waals surface area contributed by atoms with E-state index < -0.39 is 0 Å². The number of guanidine groups is 1. The minimum Gasteiger partial charge on any atom is -0.357 e. The molecule has 2 N–H and O–H groups in total. The molecule has 0 aliphatic carbocycles. The fourth-order valence-corrected chi connectivity index (χ4v) is 4.53. The molecule has 2 bridgehead atoms. The molecule has 0 amide bonds. The van der Waals surface area contributed by atoms with Gasteiger partial charge in [-0.2, -0.15) is 0 Å². The van der Waals surface area contributed by atoms with Crippen LogP contribution in [0.25, 0.3) is 0 Å². The summed E-state index contributed by atoms with van der Waals surface area (Å²) in [6, 6.07) is 4.68. The van der Waals surface area contributed by atoms with E-state index in [1.165, 1.54) is 26.2 Å². The molecule has 9 heteroatoms. The third kappa shape index (κ3) is 5.20. The van der Waals surface area contributed by atoms with Gasteiger partial charge in [-0.25, -0.2) is 4.98 Å². The van der Waals surface area contributed by atoms with Crippen LogP contribution in [-0.4, -0.2) is 91.7 Å². The standard InChI is InChI=1S/C19H30ClN7.HI/c1-2-21-19(23-12-16-14-25-8-10-26(16)11-9-25)24-15-5-7-27(13-15)18-17(20)4-3-6-22-18;/h3-4,6,15-16H,2,5,7-14H2,1H3,(H2,21,23,24);1H. The minimum atomic E-state index is 0. The van der Waals surface area contributed by atoms with E-state index in [0.29, 0.717) is 12.1 Å². The number of hydrogen-bond donors (Lipinski definition) is 2. The van der Waals surface area contributed by atoms with Gasteiger partial charge in [0.25, 0.3) is 0 Å². The molecule has 2 unspecified atom stereocenters. The smallest absolute Gasteiger partial charge is 0.191 e. The summed E-state index contributed by atoms with van der Waals surface area (Å²) in [5, 5.41) is 7.74. The lowest BCUT2D eigenvalue weighted by Crippen LogP contribution is -2.62. The molecule has 4 saturated heterocycles. The van der Waals surface area contributed by atoms with Crippen LogP contribution in [0.15, 0.2) is 23.3 Å². The van der Waals surface area contributed by atoms with E-state index in [-0.39, 0.29) is 24.0 Å². The molecule has 28 heavy (non-hydrogen) atoms. The average molecular weight is 520 g/mol. The monoisotopic (exact) mass is 519 g/mol. The summed E-state index contributed by atoms with van der Waals surface area (Å²) in [6.07, 6.45) is 2.86. The van der Waals surface area contributed by atoms with E-state index in [1.54, 1.807) is 6.20 Å². The Morgan fingerprint density at radius 1 is 1.25 bits per heavy atom. The highest BCUT2D eigenvalue weighted by molar-refractivity contribution is 14.0. The molecule has 4 aliphatic rings. The van der Waals surface area contributed by atoms with Crippen LogP contribution in [0.1, 0.15) is 13.3 Å². The molecule has 0 saturated carbocycles. The largest absolute Gasteiger partial charge is 0.357 e. The molecule has 0 radical (unpaired) electrons. The Bertz CT molecular complexity index is 665. The number of hydrogen-bond acceptors (Lipinski definition) is 5. The zero-order valence-electron chi connectivity index (χ0n) is 16.5. The Kier molecular flexibility index (Phi) is 8.02. The van der Waals surface area contributed by atoms with Crippen LogP contribution in [0.4, 0.5) is 5.82 Å². The van der Waals surface area contributed by atoms with Gasteiger partial charge in [0.05, 0.1) is 11.6 Å². The predicted octanol–water partition coefficient (Wildman–Crippen LogP) is 1.49. The summed E-state index contributed by atoms with van der Waals surface area (Å²) in [5.41, 5.74) is 0. The Hall–Kier alpha value is -0.840. The topological polar surface area (TPSA) is 59.0 Å². The maximum atomic E-state index is 6.30. The number of anilines is 1. The Balaban J connectivity index is 0.00000225. The second-order valence-electron chi connectivity index (χ2n) is 7.59. The van der Waals surface area contributed by atoms with Gasteiger partial charge in [0, 0.05) is 70.6 Å². The molecule has 1 aromatic heterocycles. The van der Waals surface area contributed by atoms with Gasteiger partial charge in [-0.15, -0.1) is 24.0 Å². The molecule has 5 rings (SSSR count). The van der Waals surface area contributed by atoms with Gasteiger partial charge in [-0.05, 0) is 25.5 Å². The number of aliphatic imine (C=N–C) groups is 1. The number of halogens is 2. The van der Waals surface area contributed by atoms with E-state index in [4.69, 9.17) is 16.6 Å². The van der Waals surface area contributed by atoms with Crippen molar-refractivity contribution in [1.82, 2.24) is 25.4 Å². The lowest BCUT2D eigenvalue weighted by atomic mass is 10.1. The van der Waals surface area contributed by atoms with Crippen LogP contribution in [-0.2, 0) is 0 Å². The van der Waals surface area contributed by atoms with Gasteiger partial charge >= 0.3 is 0 Å². The van der Waals surface area contributed by atoms with Crippen molar-refractivity contribution in [1.29, 1.82) is 0 Å². The number of fused-ring (bicyclic) bond motifs is 3. The summed E-state index contributed by atoms with van der Waals surface area (Å²) in [7, 11) is 0. The van der Waals surface area contributed by atoms with Crippen molar-refractivity contribution < 1.29 is 0 Å². The fourth-order valence-electron chi connectivity index (χ4n) is 4.29. The number of pyridine rings is 1. The van der Waals surface area contributed by atoms with Gasteiger partial charge in [-0.1, -0.05) is 11.6 Å². The van der Waals surface area contributed by atoms with E-state index in [9.17, 15) is 0 Å². The zero-order valence-corrected chi connectivity index (χ0v) is 19.6. The van der Waals surface area contributed by atoms with Crippen LogP contribution >= 0.6 is 35.6 Å². The predicted molar refractivity (Wildman–Crippen MR) is 126 cm³/mol. The number of piperazine rings is 3. The van der Waals surface area contributed by atoms with Crippen molar-refractivity contribution in [2.24, 2.45) is 4.99 Å². The van der Waals surface area contributed by atoms with Crippen LogP contribution in [0.5, 0.6) is 0 Å². The van der Waals surface area contributed by atoms with Crippen LogP contribution in [0.2, 0.25) is 5.02 Å². The van der Waals surface area contributed by atoms with Crippen molar-refractivity contribution >= 4 is 47.4 Å². The average Bonchev–Trinajstić information content (AvgIpc) is 3.16. The Morgan fingerprint density at radius 3 is 2.75 bits per heavy atom. The maximum Gasteiger partial charge on any atom is 0.191 e. The number of nitrogens with one attached hydrogen (secondary N) is 2. The molecule has 5 heterocycles. The SMILES string of the molecule is CCNC(=NCC1CN2CCN1CC2)NC1CCN(c2ncccc2Cl)C1.I. The molecule has 4 aliphatic heterocycles. The third-order valence-corrected chi connectivity index (χ3v) is 6.06. The molecule has 2 atom stereocenters. The lowest BCUT2D eigenvalue weighted by molar-refractivity contribution is 0.0174. The molecule has 0 spiro atoms. The van der Waals surface area contributed by atoms with Gasteiger partial charge in [0.2, 0.25) is 0 Å². The van der Waals surface area contributed by atoms with Gasteiger partial charge < -0.3 is 15.5 Å². The molecular weight excluding hydrogens is 489 g/mol. The number of rotatable bonds is 5. The summed E-state index contributed by atoms with van der Waals surface area (Å²) < 4.78 is 0. The van der Waals surface area contributed by atoms with E-state index in [2.05, 4.69) is 37.2 Å². The van der Waals surface area contributed by atoms with Gasteiger partial charge in [0.1, 0.15) is 5.82 Å². The summed E-state index contributed by atoms with van der Waals surface area (Å²) in [6.45, 7) is 11.6. The Morgan fingerprint density at radius 2 is 2.07 bits per heavy atom. The first-order valence-corrected chi connectivity index (χ1v) is 10.5. The van der Waals surface area contributed by atoms with Gasteiger partial charge in [-0.3, -0.25) is 14.8 Å². The van der Waals surface area contributed by atoms with Gasteiger partial charge in [0.15, 0.2) is 5.96 Å². The molecule has 1 aromatic rings. The van der Waals surface area contributed by atoms with Crippen LogP contribution < -0.4 is 15.5 Å². The van der Waals surface area contributed by atoms with E-state index in [0.717, 1.165) is 55.9 Å². The number of aromatic nitrogens is 1. The second kappa shape index (κ2) is 10.3. The highest BCUT2D eigenvalue weighted by Crippen LogP contribution is 2.25. The van der Waals surface area contributed by atoms with Crippen molar-refractivity contribution in [3.8, 4) is 0 Å². The van der Waals surface area contributed by atoms with E-state index in [1.807, 2.05) is 12.1 Å². The first kappa shape index (κ1) is 21.9. The second-order valence-corrected chi connectivity index (χ2v) is 8.00. The first-order valence-electron chi connectivity index (χ1n) is 10.1. The summed E-state index contributed by atoms with van der Waals surface area (Å²) in [4.78, 5) is 16.7. The molecular formula is C19H31ClIN7. The van der Waals surface area contributed by atoms with Crippen LogP contribution in [0.3, 0.4) is 0 Å². The van der Waals surface area contributed by atoms with Crippen LogP contribution in [0, 0.1) is 0 Å². The normalized spacial score (nSPS) is 29.5. The summed E-state index contributed by atoms with van der Waals surface area (Å²) in [5.74, 6) is 1.81. The maximum absolute atomic E-state index is 6.30. The fraction of sp³-hybridized carbons (Fsp3) is 0.684. The third-order valence-electron chi connectivity index (χ3n) is 5.76. The highest BCUT2D eigenvalue weighted by atomic mass is 127. The van der Waals surface area contributed by atoms with Crippen molar-refractivity contribution in [3.05, 3.63) is 23.4 Å². The minimum absolute atomic E-state index is 0. The lowest BCUT2D eigenvalue weighted by Gasteiger charge is -2.47. The van der Waals surface area contributed by atoms with E-state index >= 15 is 0 Å². The highest BCUT2D eigenvalue weighted by Gasteiger charge is 2.31. The summed E-state index contributed by atoms with van der Waals surface area (Å²) >= 11 is 6.30. The quantitative estimate of drug-likeness (QED) is 0.349. The first-order chi connectivity index (χ1) is 13.2. The molecule has 0 aromatic carbocycles. The number of nitrogens with zero attached hydrogens (tertiary/aromatic N) is 5. The Labute approximate surface area is 189 Å². The van der Waals surface area contributed by atoms with Crippen molar-refractivity contribution in [3.63, 3.8) is 0 Å². The molecule has 4 fully saturated rings. The van der Waals surface area contributed by atoms with Crippen molar-refractivity contribution in [2.75, 3.05) is 63.8 Å². The molecule has 7 nitrogen and oxygen atoms in total. The van der Waals surface area contributed by atoms with Crippen molar-refractivity contribution in [2.45, 2.75) is 25.4 Å². The molecule has 156 valence electrons. The zero-order chi connectivity index (χ0) is 18.6.